The first-order valence-corrected chi connectivity index (χ1v) is 11.3. The van der Waals surface area contributed by atoms with Crippen LogP contribution in [0.25, 0.3) is 11.1 Å². The average Bonchev–Trinajstić information content (AvgIpc) is 2.84. The zero-order chi connectivity index (χ0) is 22.0. The van der Waals surface area contributed by atoms with Gasteiger partial charge in [0.1, 0.15) is 18.2 Å². The van der Waals surface area contributed by atoms with Gasteiger partial charge < -0.3 is 14.8 Å². The fourth-order valence-electron chi connectivity index (χ4n) is 3.84. The molecule has 0 aliphatic carbocycles. The zero-order valence-electron chi connectivity index (χ0n) is 18.4. The molecule has 4 nitrogen and oxygen atoms in total. The minimum absolute atomic E-state index is 0.188. The molecular formula is C27H31FN2O2. The number of morpholine rings is 1. The minimum atomic E-state index is -0.188. The molecule has 0 atom stereocenters. The van der Waals surface area contributed by atoms with Crippen molar-refractivity contribution in [1.82, 2.24) is 10.2 Å². The van der Waals surface area contributed by atoms with E-state index in [4.69, 9.17) is 9.47 Å². The maximum absolute atomic E-state index is 13.2. The molecule has 3 aromatic rings. The summed E-state index contributed by atoms with van der Waals surface area (Å²) in [7, 11) is 0. The van der Waals surface area contributed by atoms with Gasteiger partial charge in [-0.15, -0.1) is 0 Å². The fraction of sp³-hybridized carbons (Fsp3) is 0.333. The lowest BCUT2D eigenvalue weighted by atomic mass is 10.0. The molecule has 0 radical (unpaired) electrons. The quantitative estimate of drug-likeness (QED) is 0.475. The van der Waals surface area contributed by atoms with E-state index in [0.29, 0.717) is 13.2 Å². The highest BCUT2D eigenvalue weighted by atomic mass is 19.1. The predicted octanol–water partition coefficient (Wildman–Crippen LogP) is 4.54. The van der Waals surface area contributed by atoms with Crippen LogP contribution in [0.2, 0.25) is 0 Å². The van der Waals surface area contributed by atoms with Gasteiger partial charge in [0.05, 0.1) is 13.2 Å². The third-order valence-electron chi connectivity index (χ3n) is 5.73. The summed E-state index contributed by atoms with van der Waals surface area (Å²) in [5.41, 5.74) is 4.63. The molecule has 1 N–H and O–H groups in total. The largest absolute Gasteiger partial charge is 0.492 e. The molecule has 32 heavy (non-hydrogen) atoms. The molecule has 1 saturated heterocycles. The van der Waals surface area contributed by atoms with Gasteiger partial charge in [-0.1, -0.05) is 48.5 Å². The fourth-order valence-corrected chi connectivity index (χ4v) is 3.84. The van der Waals surface area contributed by atoms with Crippen LogP contribution in [-0.4, -0.2) is 50.9 Å². The van der Waals surface area contributed by atoms with Gasteiger partial charge in [0.15, 0.2) is 0 Å². The van der Waals surface area contributed by atoms with E-state index in [1.54, 1.807) is 12.1 Å². The van der Waals surface area contributed by atoms with Crippen molar-refractivity contribution in [3.05, 3.63) is 89.7 Å². The van der Waals surface area contributed by atoms with Crippen molar-refractivity contribution >= 4 is 0 Å². The highest BCUT2D eigenvalue weighted by molar-refractivity contribution is 5.64. The van der Waals surface area contributed by atoms with Crippen molar-refractivity contribution in [2.75, 3.05) is 46.0 Å². The molecule has 5 heteroatoms. The summed E-state index contributed by atoms with van der Waals surface area (Å²) in [6, 6.07) is 23.7. The van der Waals surface area contributed by atoms with E-state index in [0.717, 1.165) is 57.1 Å². The van der Waals surface area contributed by atoms with Crippen LogP contribution in [-0.2, 0) is 17.7 Å². The van der Waals surface area contributed by atoms with Gasteiger partial charge in [-0.05, 0) is 59.5 Å². The Bertz CT molecular complexity index is 954. The maximum atomic E-state index is 13.2. The molecule has 0 amide bonds. The number of nitrogens with zero attached hydrogens (tertiary/aromatic N) is 1. The Morgan fingerprint density at radius 3 is 2.31 bits per heavy atom. The molecule has 0 saturated carbocycles. The van der Waals surface area contributed by atoms with E-state index in [-0.39, 0.29) is 5.82 Å². The van der Waals surface area contributed by atoms with Gasteiger partial charge >= 0.3 is 0 Å². The lowest BCUT2D eigenvalue weighted by molar-refractivity contribution is 0.0322. The molecular weight excluding hydrogens is 403 g/mol. The van der Waals surface area contributed by atoms with Gasteiger partial charge in [-0.2, -0.15) is 0 Å². The van der Waals surface area contributed by atoms with Crippen molar-refractivity contribution in [3.63, 3.8) is 0 Å². The normalized spacial score (nSPS) is 14.4. The SMILES string of the molecule is Fc1cccc(CNCCc2ccc(-c3ccc(OCCN4CCOCC4)cc3)cc2)c1. The number of ether oxygens (including phenoxy) is 2. The van der Waals surface area contributed by atoms with Crippen LogP contribution in [0.1, 0.15) is 11.1 Å². The van der Waals surface area contributed by atoms with Crippen molar-refractivity contribution in [3.8, 4) is 16.9 Å². The van der Waals surface area contributed by atoms with Gasteiger partial charge in [-0.3, -0.25) is 4.90 Å². The van der Waals surface area contributed by atoms with Crippen LogP contribution in [0, 0.1) is 5.82 Å². The Kier molecular flexibility index (Phi) is 8.26. The summed E-state index contributed by atoms with van der Waals surface area (Å²) in [6.45, 7) is 6.77. The molecule has 1 aliphatic heterocycles. The van der Waals surface area contributed by atoms with E-state index in [1.807, 2.05) is 18.2 Å². The van der Waals surface area contributed by atoms with Crippen molar-refractivity contribution < 1.29 is 13.9 Å². The summed E-state index contributed by atoms with van der Waals surface area (Å²) < 4.78 is 24.5. The second-order valence-electron chi connectivity index (χ2n) is 8.08. The Balaban J connectivity index is 1.20. The predicted molar refractivity (Wildman–Crippen MR) is 126 cm³/mol. The van der Waals surface area contributed by atoms with Crippen LogP contribution < -0.4 is 10.1 Å². The average molecular weight is 435 g/mol. The minimum Gasteiger partial charge on any atom is -0.492 e. The Hall–Kier alpha value is -2.73. The number of hydrogen-bond acceptors (Lipinski definition) is 4. The van der Waals surface area contributed by atoms with Crippen molar-refractivity contribution in [2.24, 2.45) is 0 Å². The molecule has 3 aromatic carbocycles. The Morgan fingerprint density at radius 2 is 1.59 bits per heavy atom. The summed E-state index contributed by atoms with van der Waals surface area (Å²) in [4.78, 5) is 2.37. The molecule has 4 rings (SSSR count). The van der Waals surface area contributed by atoms with Gasteiger partial charge in [0.2, 0.25) is 0 Å². The smallest absolute Gasteiger partial charge is 0.123 e. The molecule has 1 heterocycles. The Labute approximate surface area is 190 Å². The summed E-state index contributed by atoms with van der Waals surface area (Å²) in [5, 5.41) is 3.38. The lowest BCUT2D eigenvalue weighted by Crippen LogP contribution is -2.38. The first-order chi connectivity index (χ1) is 15.8. The van der Waals surface area contributed by atoms with Crippen LogP contribution in [0.4, 0.5) is 4.39 Å². The van der Waals surface area contributed by atoms with E-state index in [9.17, 15) is 4.39 Å². The van der Waals surface area contributed by atoms with Gasteiger partial charge in [0, 0.05) is 26.2 Å². The summed E-state index contributed by atoms with van der Waals surface area (Å²) in [6.07, 6.45) is 0.936. The molecule has 1 aliphatic rings. The van der Waals surface area contributed by atoms with Crippen molar-refractivity contribution in [2.45, 2.75) is 13.0 Å². The highest BCUT2D eigenvalue weighted by Gasteiger charge is 2.09. The van der Waals surface area contributed by atoms with Gasteiger partial charge in [0.25, 0.3) is 0 Å². The second-order valence-corrected chi connectivity index (χ2v) is 8.08. The number of hydrogen-bond donors (Lipinski definition) is 1. The number of nitrogens with one attached hydrogen (secondary N) is 1. The molecule has 0 spiro atoms. The second kappa shape index (κ2) is 11.8. The van der Waals surface area contributed by atoms with E-state index >= 15 is 0 Å². The van der Waals surface area contributed by atoms with E-state index < -0.39 is 0 Å². The summed E-state index contributed by atoms with van der Waals surface area (Å²) >= 11 is 0. The third-order valence-corrected chi connectivity index (χ3v) is 5.73. The molecule has 1 fully saturated rings. The van der Waals surface area contributed by atoms with E-state index in [1.165, 1.54) is 22.8 Å². The van der Waals surface area contributed by atoms with Crippen LogP contribution >= 0.6 is 0 Å². The third kappa shape index (κ3) is 6.89. The van der Waals surface area contributed by atoms with Crippen LogP contribution in [0.5, 0.6) is 5.75 Å². The van der Waals surface area contributed by atoms with Crippen LogP contribution in [0.3, 0.4) is 0 Å². The highest BCUT2D eigenvalue weighted by Crippen LogP contribution is 2.23. The van der Waals surface area contributed by atoms with Crippen LogP contribution in [0.15, 0.2) is 72.8 Å². The molecule has 0 unspecified atom stereocenters. The molecule has 0 bridgehead atoms. The van der Waals surface area contributed by atoms with E-state index in [2.05, 4.69) is 46.6 Å². The first kappa shape index (κ1) is 22.5. The van der Waals surface area contributed by atoms with Crippen molar-refractivity contribution in [1.29, 1.82) is 0 Å². The monoisotopic (exact) mass is 434 g/mol. The molecule has 0 aromatic heterocycles. The Morgan fingerprint density at radius 1 is 0.875 bits per heavy atom. The summed E-state index contributed by atoms with van der Waals surface area (Å²) in [5.74, 6) is 0.718. The maximum Gasteiger partial charge on any atom is 0.123 e. The lowest BCUT2D eigenvalue weighted by Gasteiger charge is -2.26. The number of halogens is 1. The standard InChI is InChI=1S/C27H31FN2O2/c28-26-3-1-2-23(20-26)21-29-13-12-22-4-6-24(7-5-22)25-8-10-27(11-9-25)32-19-16-30-14-17-31-18-15-30/h1-11,20,29H,12-19,21H2. The first-order valence-electron chi connectivity index (χ1n) is 11.3. The van der Waals surface area contributed by atoms with Gasteiger partial charge in [-0.25, -0.2) is 4.39 Å². The topological polar surface area (TPSA) is 33.7 Å². The zero-order valence-corrected chi connectivity index (χ0v) is 18.4. The number of rotatable bonds is 10. The molecule has 168 valence electrons. The number of benzene rings is 3.